The van der Waals surface area contributed by atoms with Crippen LogP contribution in [0, 0.1) is 5.92 Å². The third-order valence-corrected chi connectivity index (χ3v) is 3.91. The van der Waals surface area contributed by atoms with Gasteiger partial charge < -0.3 is 20.5 Å². The molecular formula is C16H21F3N2O3. The molecule has 1 aromatic carbocycles. The molecule has 0 bridgehead atoms. The fraction of sp³-hybridized carbons (Fsp3) is 0.562. The summed E-state index contributed by atoms with van der Waals surface area (Å²) >= 11 is 0. The molecule has 1 saturated carbocycles. The van der Waals surface area contributed by atoms with Crippen LogP contribution in [0.4, 0.5) is 18.9 Å². The van der Waals surface area contributed by atoms with E-state index in [0.717, 1.165) is 19.3 Å². The van der Waals surface area contributed by atoms with Crippen molar-refractivity contribution < 1.29 is 27.4 Å². The van der Waals surface area contributed by atoms with E-state index in [1.807, 2.05) is 0 Å². The summed E-state index contributed by atoms with van der Waals surface area (Å²) in [5.41, 5.74) is 6.23. The second-order valence-corrected chi connectivity index (χ2v) is 5.88. The van der Waals surface area contributed by atoms with Crippen molar-refractivity contribution in [3.8, 4) is 11.5 Å². The summed E-state index contributed by atoms with van der Waals surface area (Å²) in [5, 5.41) is 2.71. The van der Waals surface area contributed by atoms with E-state index >= 15 is 0 Å². The Morgan fingerprint density at radius 1 is 1.33 bits per heavy atom. The SMILES string of the molecule is COc1ccc(NC(=O)C2CCCC(N)C2)cc1OCC(F)(F)F. The Balaban J connectivity index is 2.05. The largest absolute Gasteiger partial charge is 0.493 e. The van der Waals surface area contributed by atoms with Crippen LogP contribution in [0.1, 0.15) is 25.7 Å². The summed E-state index contributed by atoms with van der Waals surface area (Å²) in [6.07, 6.45) is -1.29. The van der Waals surface area contributed by atoms with Crippen molar-refractivity contribution in [1.82, 2.24) is 0 Å². The van der Waals surface area contributed by atoms with Gasteiger partial charge in [0.25, 0.3) is 0 Å². The first-order chi connectivity index (χ1) is 11.3. The van der Waals surface area contributed by atoms with E-state index in [-0.39, 0.29) is 29.4 Å². The van der Waals surface area contributed by atoms with E-state index in [1.54, 1.807) is 6.07 Å². The molecule has 1 amide bonds. The molecule has 134 valence electrons. The quantitative estimate of drug-likeness (QED) is 0.859. The standard InChI is InChI=1S/C16H21F3N2O3/c1-23-13-6-5-12(8-14(13)24-9-16(17,18)19)21-15(22)10-3-2-4-11(20)7-10/h5-6,8,10-11H,2-4,7,9,20H2,1H3,(H,21,22). The van der Waals surface area contributed by atoms with E-state index in [9.17, 15) is 18.0 Å². The zero-order chi connectivity index (χ0) is 17.7. The Labute approximate surface area is 138 Å². The Hall–Kier alpha value is -1.96. The maximum atomic E-state index is 12.3. The number of anilines is 1. The number of hydrogen-bond donors (Lipinski definition) is 2. The number of benzene rings is 1. The number of carbonyl (C=O) groups excluding carboxylic acids is 1. The molecule has 0 heterocycles. The lowest BCUT2D eigenvalue weighted by Gasteiger charge is -2.25. The smallest absolute Gasteiger partial charge is 0.422 e. The van der Waals surface area contributed by atoms with E-state index in [4.69, 9.17) is 15.2 Å². The minimum absolute atomic E-state index is 0.0102. The highest BCUT2D eigenvalue weighted by Crippen LogP contribution is 2.32. The lowest BCUT2D eigenvalue weighted by Crippen LogP contribution is -2.34. The summed E-state index contributed by atoms with van der Waals surface area (Å²) in [5.74, 6) is -0.280. The number of halogens is 3. The van der Waals surface area contributed by atoms with Crippen LogP contribution in [0.15, 0.2) is 18.2 Å². The third kappa shape index (κ3) is 5.30. The highest BCUT2D eigenvalue weighted by atomic mass is 19.4. The predicted octanol–water partition coefficient (Wildman–Crippen LogP) is 3.09. The van der Waals surface area contributed by atoms with Gasteiger partial charge in [-0.15, -0.1) is 0 Å². The lowest BCUT2D eigenvalue weighted by atomic mass is 9.85. The summed E-state index contributed by atoms with van der Waals surface area (Å²) < 4.78 is 46.7. The van der Waals surface area contributed by atoms with Gasteiger partial charge in [0, 0.05) is 23.7 Å². The van der Waals surface area contributed by atoms with Gasteiger partial charge in [-0.2, -0.15) is 13.2 Å². The van der Waals surface area contributed by atoms with Gasteiger partial charge in [-0.1, -0.05) is 6.42 Å². The van der Waals surface area contributed by atoms with Crippen LogP contribution in [0.25, 0.3) is 0 Å². The number of amides is 1. The number of hydrogen-bond acceptors (Lipinski definition) is 4. The number of nitrogens with one attached hydrogen (secondary N) is 1. The van der Waals surface area contributed by atoms with Crippen LogP contribution in [-0.2, 0) is 4.79 Å². The summed E-state index contributed by atoms with van der Waals surface area (Å²) in [7, 11) is 1.33. The zero-order valence-corrected chi connectivity index (χ0v) is 13.4. The molecule has 0 aliphatic heterocycles. The number of ether oxygens (including phenoxy) is 2. The van der Waals surface area contributed by atoms with Gasteiger partial charge in [-0.05, 0) is 31.4 Å². The Morgan fingerprint density at radius 3 is 2.71 bits per heavy atom. The Morgan fingerprint density at radius 2 is 2.08 bits per heavy atom. The molecule has 2 unspecified atom stereocenters. The highest BCUT2D eigenvalue weighted by Gasteiger charge is 2.29. The van der Waals surface area contributed by atoms with Crippen LogP contribution in [-0.4, -0.2) is 31.8 Å². The first-order valence-corrected chi connectivity index (χ1v) is 7.72. The van der Waals surface area contributed by atoms with Gasteiger partial charge in [0.05, 0.1) is 7.11 Å². The van der Waals surface area contributed by atoms with Gasteiger partial charge in [0.1, 0.15) is 0 Å². The van der Waals surface area contributed by atoms with Crippen molar-refractivity contribution in [1.29, 1.82) is 0 Å². The minimum Gasteiger partial charge on any atom is -0.493 e. The van der Waals surface area contributed by atoms with Gasteiger partial charge in [0.2, 0.25) is 5.91 Å². The normalized spacial score (nSPS) is 21.2. The second kappa shape index (κ2) is 7.74. The number of nitrogens with two attached hydrogens (primary N) is 1. The first kappa shape index (κ1) is 18.4. The van der Waals surface area contributed by atoms with Crippen molar-refractivity contribution >= 4 is 11.6 Å². The van der Waals surface area contributed by atoms with Crippen molar-refractivity contribution in [2.75, 3.05) is 19.0 Å². The van der Waals surface area contributed by atoms with Crippen LogP contribution >= 0.6 is 0 Å². The molecule has 1 fully saturated rings. The Kier molecular flexibility index (Phi) is 5.93. The summed E-state index contributed by atoms with van der Waals surface area (Å²) in [6.45, 7) is -1.43. The van der Waals surface area contributed by atoms with Crippen LogP contribution in [0.5, 0.6) is 11.5 Å². The van der Waals surface area contributed by atoms with Gasteiger partial charge in [-0.3, -0.25) is 4.79 Å². The molecule has 2 rings (SSSR count). The topological polar surface area (TPSA) is 73.6 Å². The molecule has 1 aromatic rings. The molecule has 0 aromatic heterocycles. The number of methoxy groups -OCH3 is 1. The van der Waals surface area contributed by atoms with Crippen LogP contribution < -0.4 is 20.5 Å². The lowest BCUT2D eigenvalue weighted by molar-refractivity contribution is -0.153. The number of alkyl halides is 3. The predicted molar refractivity (Wildman–Crippen MR) is 83.1 cm³/mol. The van der Waals surface area contributed by atoms with E-state index in [1.165, 1.54) is 19.2 Å². The van der Waals surface area contributed by atoms with Gasteiger partial charge in [0.15, 0.2) is 18.1 Å². The van der Waals surface area contributed by atoms with Crippen molar-refractivity contribution in [2.24, 2.45) is 11.7 Å². The fourth-order valence-electron chi connectivity index (χ4n) is 2.74. The van der Waals surface area contributed by atoms with Crippen molar-refractivity contribution in [2.45, 2.75) is 37.9 Å². The maximum absolute atomic E-state index is 12.3. The summed E-state index contributed by atoms with van der Waals surface area (Å²) in [4.78, 5) is 12.3. The molecule has 0 saturated heterocycles. The Bertz CT molecular complexity index is 578. The van der Waals surface area contributed by atoms with E-state index in [2.05, 4.69) is 5.32 Å². The molecule has 8 heteroatoms. The average Bonchev–Trinajstić information content (AvgIpc) is 2.52. The summed E-state index contributed by atoms with van der Waals surface area (Å²) in [6, 6.07) is 4.34. The van der Waals surface area contributed by atoms with E-state index < -0.39 is 12.8 Å². The van der Waals surface area contributed by atoms with E-state index in [0.29, 0.717) is 12.1 Å². The average molecular weight is 346 g/mol. The van der Waals surface area contributed by atoms with Crippen LogP contribution in [0.3, 0.4) is 0 Å². The van der Waals surface area contributed by atoms with Gasteiger partial charge in [-0.25, -0.2) is 0 Å². The number of rotatable bonds is 5. The monoisotopic (exact) mass is 346 g/mol. The maximum Gasteiger partial charge on any atom is 0.422 e. The number of carbonyl (C=O) groups is 1. The highest BCUT2D eigenvalue weighted by molar-refractivity contribution is 5.93. The molecule has 1 aliphatic rings. The first-order valence-electron chi connectivity index (χ1n) is 7.72. The molecule has 1 aliphatic carbocycles. The molecule has 0 radical (unpaired) electrons. The molecule has 2 atom stereocenters. The fourth-order valence-corrected chi connectivity index (χ4v) is 2.74. The van der Waals surface area contributed by atoms with Crippen molar-refractivity contribution in [3.63, 3.8) is 0 Å². The minimum atomic E-state index is -4.46. The molecular weight excluding hydrogens is 325 g/mol. The van der Waals surface area contributed by atoms with Crippen LogP contribution in [0.2, 0.25) is 0 Å². The molecule has 3 N–H and O–H groups in total. The molecule has 24 heavy (non-hydrogen) atoms. The second-order valence-electron chi connectivity index (χ2n) is 5.88. The van der Waals surface area contributed by atoms with Crippen molar-refractivity contribution in [3.05, 3.63) is 18.2 Å². The van der Waals surface area contributed by atoms with Gasteiger partial charge >= 0.3 is 6.18 Å². The molecule has 5 nitrogen and oxygen atoms in total. The molecule has 0 spiro atoms. The zero-order valence-electron chi connectivity index (χ0n) is 13.4. The third-order valence-electron chi connectivity index (χ3n) is 3.91.